The van der Waals surface area contributed by atoms with E-state index in [9.17, 15) is 9.18 Å². The molecule has 2 nitrogen and oxygen atoms in total. The Balaban J connectivity index is 1.77. The number of nitrogens with one attached hydrogen (secondary N) is 1. The third-order valence-electron chi connectivity index (χ3n) is 3.47. The number of alkyl halides is 1. The van der Waals surface area contributed by atoms with Crippen molar-refractivity contribution >= 4 is 6.29 Å². The summed E-state index contributed by atoms with van der Waals surface area (Å²) in [6, 6.07) is 10.5. The Morgan fingerprint density at radius 2 is 1.94 bits per heavy atom. The fraction of sp³-hybridized carbons (Fsp3) is 0.500. The first-order valence-corrected chi connectivity index (χ1v) is 6.14. The van der Waals surface area contributed by atoms with Crippen LogP contribution in [0.15, 0.2) is 30.3 Å². The monoisotopic (exact) mass is 235 g/mol. The molecular weight excluding hydrogens is 217 g/mol. The molecule has 1 aliphatic carbocycles. The molecule has 1 aliphatic rings. The summed E-state index contributed by atoms with van der Waals surface area (Å²) in [5.74, 6) is 0. The molecule has 92 valence electrons. The number of halogens is 1. The lowest BCUT2D eigenvalue weighted by Gasteiger charge is -2.30. The zero-order chi connectivity index (χ0) is 12.1. The molecule has 0 heterocycles. The van der Waals surface area contributed by atoms with Crippen molar-refractivity contribution in [3.05, 3.63) is 35.9 Å². The van der Waals surface area contributed by atoms with Gasteiger partial charge in [0.2, 0.25) is 0 Å². The fourth-order valence-electron chi connectivity index (χ4n) is 2.28. The summed E-state index contributed by atoms with van der Waals surface area (Å²) < 4.78 is 13.6. The average Bonchev–Trinajstić information content (AvgIpc) is 2.39. The number of aldehydes is 1. The summed E-state index contributed by atoms with van der Waals surface area (Å²) in [6.45, 7) is 0.811. The van der Waals surface area contributed by atoms with Crippen molar-refractivity contribution in [1.29, 1.82) is 0 Å². The number of benzene rings is 1. The van der Waals surface area contributed by atoms with Gasteiger partial charge in [0.1, 0.15) is 0 Å². The van der Waals surface area contributed by atoms with Crippen molar-refractivity contribution in [3.63, 3.8) is 0 Å². The van der Waals surface area contributed by atoms with Gasteiger partial charge in [0, 0.05) is 12.6 Å². The minimum absolute atomic E-state index is 0.332. The summed E-state index contributed by atoms with van der Waals surface area (Å²) in [4.78, 5) is 10.6. The van der Waals surface area contributed by atoms with Gasteiger partial charge in [0.25, 0.3) is 0 Å². The van der Waals surface area contributed by atoms with Crippen LogP contribution < -0.4 is 5.32 Å². The van der Waals surface area contributed by atoms with E-state index in [1.807, 2.05) is 18.2 Å². The molecule has 0 spiro atoms. The van der Waals surface area contributed by atoms with Crippen LogP contribution in [0.1, 0.15) is 31.2 Å². The molecule has 3 heteroatoms. The largest absolute Gasteiger partial charge is 0.310 e. The second-order valence-corrected chi connectivity index (χ2v) is 4.79. The molecule has 0 amide bonds. The molecule has 0 aromatic heterocycles. The van der Waals surface area contributed by atoms with Crippen molar-refractivity contribution in [2.24, 2.45) is 0 Å². The van der Waals surface area contributed by atoms with E-state index >= 15 is 0 Å². The smallest absolute Gasteiger partial charge is 0.165 e. The Kier molecular flexibility index (Phi) is 3.89. The first kappa shape index (κ1) is 12.2. The Bertz CT molecular complexity index is 358. The van der Waals surface area contributed by atoms with Crippen LogP contribution in [0.5, 0.6) is 0 Å². The van der Waals surface area contributed by atoms with Crippen molar-refractivity contribution in [1.82, 2.24) is 5.32 Å². The second-order valence-electron chi connectivity index (χ2n) is 4.79. The number of carbonyl (C=O) groups excluding carboxylic acids is 1. The van der Waals surface area contributed by atoms with Gasteiger partial charge in [0.05, 0.1) is 0 Å². The van der Waals surface area contributed by atoms with E-state index in [-0.39, 0.29) is 0 Å². The minimum atomic E-state index is -1.56. The Hall–Kier alpha value is -1.22. The number of rotatable bonds is 4. The second kappa shape index (κ2) is 5.41. The van der Waals surface area contributed by atoms with Crippen LogP contribution in [0.3, 0.4) is 0 Å². The molecule has 1 aromatic carbocycles. The van der Waals surface area contributed by atoms with Crippen LogP contribution >= 0.6 is 0 Å². The summed E-state index contributed by atoms with van der Waals surface area (Å²) in [5.41, 5.74) is -0.328. The van der Waals surface area contributed by atoms with Crippen molar-refractivity contribution in [2.45, 2.75) is 43.9 Å². The van der Waals surface area contributed by atoms with Gasteiger partial charge < -0.3 is 5.32 Å². The van der Waals surface area contributed by atoms with Crippen LogP contribution in [-0.4, -0.2) is 18.0 Å². The van der Waals surface area contributed by atoms with Crippen LogP contribution in [-0.2, 0) is 11.3 Å². The van der Waals surface area contributed by atoms with Crippen molar-refractivity contribution in [3.8, 4) is 0 Å². The highest BCUT2D eigenvalue weighted by atomic mass is 19.1. The van der Waals surface area contributed by atoms with Crippen LogP contribution in [0.4, 0.5) is 4.39 Å². The van der Waals surface area contributed by atoms with Crippen LogP contribution in [0, 0.1) is 0 Å². The van der Waals surface area contributed by atoms with Gasteiger partial charge in [-0.25, -0.2) is 4.39 Å². The normalized spacial score (nSPS) is 28.9. The Labute approximate surface area is 101 Å². The molecular formula is C14H18FNO. The summed E-state index contributed by atoms with van der Waals surface area (Å²) >= 11 is 0. The molecule has 1 fully saturated rings. The number of hydrogen-bond donors (Lipinski definition) is 1. The summed E-state index contributed by atoms with van der Waals surface area (Å²) in [7, 11) is 0. The molecule has 2 rings (SSSR count). The van der Waals surface area contributed by atoms with E-state index < -0.39 is 5.67 Å². The third kappa shape index (κ3) is 3.37. The first-order chi connectivity index (χ1) is 8.22. The lowest BCUT2D eigenvalue weighted by Crippen LogP contribution is -2.39. The van der Waals surface area contributed by atoms with Gasteiger partial charge in [0.15, 0.2) is 12.0 Å². The highest BCUT2D eigenvalue weighted by Gasteiger charge is 2.34. The predicted octanol–water partition coefficient (Wildman–Crippen LogP) is 2.63. The van der Waals surface area contributed by atoms with Gasteiger partial charge in [-0.05, 0) is 31.2 Å². The molecule has 0 radical (unpaired) electrons. The standard InChI is InChI=1S/C14H18FNO/c15-14(11-17)8-6-13(7-9-14)16-10-12-4-2-1-3-5-12/h1-5,11,13,16H,6-10H2. The van der Waals surface area contributed by atoms with Crippen molar-refractivity contribution in [2.75, 3.05) is 0 Å². The topological polar surface area (TPSA) is 29.1 Å². The maximum atomic E-state index is 13.6. The molecule has 17 heavy (non-hydrogen) atoms. The highest BCUT2D eigenvalue weighted by Crippen LogP contribution is 2.30. The molecule has 1 aromatic rings. The SMILES string of the molecule is O=CC1(F)CCC(NCc2ccccc2)CC1. The Morgan fingerprint density at radius 1 is 1.29 bits per heavy atom. The maximum absolute atomic E-state index is 13.6. The lowest BCUT2D eigenvalue weighted by atomic mass is 9.84. The molecule has 1 saturated carbocycles. The van der Waals surface area contributed by atoms with Gasteiger partial charge in [-0.15, -0.1) is 0 Å². The summed E-state index contributed by atoms with van der Waals surface area (Å²) in [6.07, 6.45) is 2.65. The lowest BCUT2D eigenvalue weighted by molar-refractivity contribution is -0.119. The van der Waals surface area contributed by atoms with Crippen molar-refractivity contribution < 1.29 is 9.18 Å². The van der Waals surface area contributed by atoms with Crippen LogP contribution in [0.25, 0.3) is 0 Å². The van der Waals surface area contributed by atoms with Gasteiger partial charge in [-0.3, -0.25) is 4.79 Å². The zero-order valence-electron chi connectivity index (χ0n) is 9.86. The van der Waals surface area contributed by atoms with E-state index in [0.717, 1.165) is 19.4 Å². The molecule has 0 bridgehead atoms. The van der Waals surface area contributed by atoms with Gasteiger partial charge in [-0.2, -0.15) is 0 Å². The highest BCUT2D eigenvalue weighted by molar-refractivity contribution is 5.62. The molecule has 1 N–H and O–H groups in total. The van der Waals surface area contributed by atoms with Gasteiger partial charge in [-0.1, -0.05) is 30.3 Å². The van der Waals surface area contributed by atoms with E-state index in [1.54, 1.807) is 0 Å². The van der Waals surface area contributed by atoms with Crippen LogP contribution in [0.2, 0.25) is 0 Å². The van der Waals surface area contributed by atoms with E-state index in [1.165, 1.54) is 5.56 Å². The predicted molar refractivity (Wildman–Crippen MR) is 65.4 cm³/mol. The maximum Gasteiger partial charge on any atom is 0.165 e. The average molecular weight is 235 g/mol. The Morgan fingerprint density at radius 3 is 2.53 bits per heavy atom. The molecule has 0 aliphatic heterocycles. The quantitative estimate of drug-likeness (QED) is 0.813. The molecule has 0 unspecified atom stereocenters. The molecule has 0 atom stereocenters. The minimum Gasteiger partial charge on any atom is -0.310 e. The van der Waals surface area contributed by atoms with E-state index in [4.69, 9.17) is 0 Å². The van der Waals surface area contributed by atoms with E-state index in [0.29, 0.717) is 25.2 Å². The first-order valence-electron chi connectivity index (χ1n) is 6.14. The number of carbonyl (C=O) groups is 1. The van der Waals surface area contributed by atoms with E-state index in [2.05, 4.69) is 17.4 Å². The molecule has 0 saturated heterocycles. The number of hydrogen-bond acceptors (Lipinski definition) is 2. The fourth-order valence-corrected chi connectivity index (χ4v) is 2.28. The third-order valence-corrected chi connectivity index (χ3v) is 3.47. The zero-order valence-corrected chi connectivity index (χ0v) is 9.86. The van der Waals surface area contributed by atoms with Gasteiger partial charge >= 0.3 is 0 Å². The summed E-state index contributed by atoms with van der Waals surface area (Å²) in [5, 5.41) is 3.42.